The molecular weight excluding hydrogens is 262 g/mol. The highest BCUT2D eigenvalue weighted by Gasteiger charge is 2.46. The number of amides is 1. The minimum Gasteiger partial charge on any atom is -0.376 e. The molecule has 8 nitrogen and oxygen atoms in total. The Labute approximate surface area is 106 Å². The monoisotopic (exact) mass is 279 g/mol. The molecule has 0 saturated carbocycles. The third-order valence-electron chi connectivity index (χ3n) is 2.51. The fourth-order valence-corrected chi connectivity index (χ4v) is 3.27. The van der Waals surface area contributed by atoms with Crippen molar-refractivity contribution < 1.29 is 32.3 Å². The molecular formula is C9H17NO7Si. The van der Waals surface area contributed by atoms with Gasteiger partial charge in [-0.3, -0.25) is 0 Å². The predicted octanol–water partition coefficient (Wildman–Crippen LogP) is -0.556. The Balaban J connectivity index is 2.48. The molecule has 1 saturated heterocycles. The molecule has 0 aliphatic carbocycles. The smallest absolute Gasteiger partial charge is 0.376 e. The summed E-state index contributed by atoms with van der Waals surface area (Å²) in [6.45, 7) is 1.93. The number of alkyl carbamates (subject to hydrolysis) is 1. The highest BCUT2D eigenvalue weighted by Crippen LogP contribution is 2.13. The van der Waals surface area contributed by atoms with Crippen LogP contribution in [-0.4, -0.2) is 60.6 Å². The highest BCUT2D eigenvalue weighted by molar-refractivity contribution is 6.62. The lowest BCUT2D eigenvalue weighted by Crippen LogP contribution is -2.60. The average molecular weight is 279 g/mol. The Kier molecular flexibility index (Phi) is 5.23. The Morgan fingerprint density at radius 2 is 1.78 bits per heavy atom. The molecule has 1 aliphatic rings. The number of hydrogen-bond donors (Lipinski definition) is 1. The van der Waals surface area contributed by atoms with Crippen molar-refractivity contribution in [3.05, 3.63) is 0 Å². The van der Waals surface area contributed by atoms with Crippen LogP contribution in [0.2, 0.25) is 0 Å². The molecule has 1 amide bonds. The molecule has 1 heterocycles. The molecule has 104 valence electrons. The molecule has 1 N–H and O–H groups in total. The van der Waals surface area contributed by atoms with Gasteiger partial charge in [0.05, 0.1) is 12.3 Å². The minimum absolute atomic E-state index is 0.286. The number of carbonyl (C=O) groups is 2. The van der Waals surface area contributed by atoms with E-state index in [1.165, 1.54) is 21.3 Å². The van der Waals surface area contributed by atoms with Gasteiger partial charge in [-0.1, -0.05) is 0 Å². The van der Waals surface area contributed by atoms with Crippen molar-refractivity contribution >= 4 is 20.9 Å². The van der Waals surface area contributed by atoms with Gasteiger partial charge in [0.1, 0.15) is 0 Å². The molecule has 2 atom stereocenters. The van der Waals surface area contributed by atoms with Crippen LogP contribution in [0.4, 0.5) is 4.79 Å². The van der Waals surface area contributed by atoms with Gasteiger partial charge in [-0.15, -0.1) is 0 Å². The average Bonchev–Trinajstić information content (AvgIpc) is 3.15. The second-order valence-electron chi connectivity index (χ2n) is 3.61. The molecule has 9 heteroatoms. The van der Waals surface area contributed by atoms with Crippen molar-refractivity contribution in [1.29, 1.82) is 0 Å². The summed E-state index contributed by atoms with van der Waals surface area (Å²) >= 11 is 0. The summed E-state index contributed by atoms with van der Waals surface area (Å²) in [6.07, 6.45) is -1.51. The summed E-state index contributed by atoms with van der Waals surface area (Å²) < 4.78 is 24.7. The van der Waals surface area contributed by atoms with E-state index in [0.717, 1.165) is 0 Å². The Morgan fingerprint density at radius 3 is 2.17 bits per heavy atom. The van der Waals surface area contributed by atoms with Gasteiger partial charge in [-0.25, -0.2) is 9.59 Å². The molecule has 0 aromatic rings. The van der Waals surface area contributed by atoms with Gasteiger partial charge < -0.3 is 28.1 Å². The zero-order valence-corrected chi connectivity index (χ0v) is 11.7. The third kappa shape index (κ3) is 3.49. The van der Waals surface area contributed by atoms with E-state index in [9.17, 15) is 9.59 Å². The number of nitrogens with one attached hydrogen (secondary N) is 1. The standard InChI is InChI=1S/C9H17NO7Si/c1-6(18(13-2,14-3)15-4)10-9(12)17-8(11)7-5-16-7/h6-7H,5H2,1-4H3,(H,10,12). The number of hydrogen-bond acceptors (Lipinski definition) is 7. The Hall–Kier alpha value is -1.00. The van der Waals surface area contributed by atoms with Crippen LogP contribution in [0.3, 0.4) is 0 Å². The summed E-state index contributed by atoms with van der Waals surface area (Å²) in [5, 5.41) is 2.44. The van der Waals surface area contributed by atoms with E-state index < -0.39 is 32.6 Å². The van der Waals surface area contributed by atoms with Gasteiger partial charge in [-0.2, -0.15) is 0 Å². The van der Waals surface area contributed by atoms with E-state index in [0.29, 0.717) is 0 Å². The molecule has 2 unspecified atom stereocenters. The molecule has 1 rings (SSSR count). The maximum absolute atomic E-state index is 11.4. The topological polar surface area (TPSA) is 95.6 Å². The maximum atomic E-state index is 11.4. The molecule has 1 aliphatic heterocycles. The fourth-order valence-electron chi connectivity index (χ4n) is 1.42. The first-order chi connectivity index (χ1) is 8.49. The van der Waals surface area contributed by atoms with Crippen LogP contribution >= 0.6 is 0 Å². The van der Waals surface area contributed by atoms with Gasteiger partial charge >= 0.3 is 20.9 Å². The SMILES string of the molecule is CO[Si](OC)(OC)C(C)NC(=O)OC(=O)C1CO1. The summed E-state index contributed by atoms with van der Waals surface area (Å²) in [7, 11) is 1.27. The van der Waals surface area contributed by atoms with E-state index in [2.05, 4.69) is 14.8 Å². The van der Waals surface area contributed by atoms with Crippen LogP contribution in [0.1, 0.15) is 6.92 Å². The summed E-state index contributed by atoms with van der Waals surface area (Å²) in [6, 6.07) is 0. The van der Waals surface area contributed by atoms with E-state index >= 15 is 0 Å². The Morgan fingerprint density at radius 1 is 1.28 bits per heavy atom. The van der Waals surface area contributed by atoms with Gasteiger partial charge in [0.25, 0.3) is 0 Å². The molecule has 1 fully saturated rings. The van der Waals surface area contributed by atoms with Crippen LogP contribution < -0.4 is 5.32 Å². The lowest BCUT2D eigenvalue weighted by atomic mass is 10.5. The first kappa shape index (κ1) is 15.1. The lowest BCUT2D eigenvalue weighted by molar-refractivity contribution is -0.138. The molecule has 0 aromatic carbocycles. The van der Waals surface area contributed by atoms with Crippen LogP contribution in [0.15, 0.2) is 0 Å². The summed E-state index contributed by atoms with van der Waals surface area (Å²) in [5.41, 5.74) is -0.557. The van der Waals surface area contributed by atoms with Crippen molar-refractivity contribution in [2.75, 3.05) is 27.9 Å². The summed E-state index contributed by atoms with van der Waals surface area (Å²) in [4.78, 5) is 22.6. The van der Waals surface area contributed by atoms with Gasteiger partial charge in [0.2, 0.25) is 0 Å². The van der Waals surface area contributed by atoms with Gasteiger partial charge in [-0.05, 0) is 6.92 Å². The largest absolute Gasteiger partial charge is 0.523 e. The molecule has 0 bridgehead atoms. The molecule has 0 radical (unpaired) electrons. The zero-order valence-electron chi connectivity index (χ0n) is 10.7. The number of carbonyl (C=O) groups excluding carboxylic acids is 2. The molecule has 0 spiro atoms. The first-order valence-electron chi connectivity index (χ1n) is 5.28. The molecule has 18 heavy (non-hydrogen) atoms. The van der Waals surface area contributed by atoms with Crippen molar-refractivity contribution in [2.45, 2.75) is 18.7 Å². The number of esters is 1. The van der Waals surface area contributed by atoms with E-state index in [1.807, 2.05) is 0 Å². The van der Waals surface area contributed by atoms with Crippen molar-refractivity contribution in [3.8, 4) is 0 Å². The fraction of sp³-hybridized carbons (Fsp3) is 0.778. The quantitative estimate of drug-likeness (QED) is 0.301. The van der Waals surface area contributed by atoms with Crippen LogP contribution in [0.25, 0.3) is 0 Å². The van der Waals surface area contributed by atoms with E-state index in [1.54, 1.807) is 6.92 Å². The number of epoxide rings is 1. The number of ether oxygens (including phenoxy) is 2. The zero-order chi connectivity index (χ0) is 13.8. The van der Waals surface area contributed by atoms with Crippen molar-refractivity contribution in [2.24, 2.45) is 0 Å². The minimum atomic E-state index is -3.00. The van der Waals surface area contributed by atoms with Gasteiger partial charge in [0.15, 0.2) is 6.10 Å². The van der Waals surface area contributed by atoms with Crippen LogP contribution in [0, 0.1) is 0 Å². The van der Waals surface area contributed by atoms with E-state index in [4.69, 9.17) is 13.3 Å². The summed E-state index contributed by atoms with van der Waals surface area (Å²) in [5.74, 6) is -0.709. The lowest BCUT2D eigenvalue weighted by Gasteiger charge is -2.29. The van der Waals surface area contributed by atoms with Crippen LogP contribution in [-0.2, 0) is 27.5 Å². The van der Waals surface area contributed by atoms with Crippen molar-refractivity contribution in [3.63, 3.8) is 0 Å². The van der Waals surface area contributed by atoms with Crippen LogP contribution in [0.5, 0.6) is 0 Å². The highest BCUT2D eigenvalue weighted by atomic mass is 28.4. The maximum Gasteiger partial charge on any atom is 0.523 e. The predicted molar refractivity (Wildman–Crippen MR) is 60.6 cm³/mol. The normalized spacial score (nSPS) is 20.1. The third-order valence-corrected chi connectivity index (χ3v) is 5.42. The van der Waals surface area contributed by atoms with Crippen molar-refractivity contribution in [1.82, 2.24) is 5.32 Å². The molecule has 0 aromatic heterocycles. The van der Waals surface area contributed by atoms with E-state index in [-0.39, 0.29) is 6.61 Å². The first-order valence-corrected chi connectivity index (χ1v) is 7.08. The van der Waals surface area contributed by atoms with Gasteiger partial charge in [0, 0.05) is 21.3 Å². The Bertz CT molecular complexity index is 308. The second-order valence-corrected chi connectivity index (χ2v) is 6.91. The number of rotatable bonds is 6. The second kappa shape index (κ2) is 6.25.